The van der Waals surface area contributed by atoms with E-state index in [1.165, 1.54) is 25.7 Å². The maximum Gasteiger partial charge on any atom is 0.320 e. The van der Waals surface area contributed by atoms with E-state index in [0.29, 0.717) is 11.7 Å². The van der Waals surface area contributed by atoms with Crippen molar-refractivity contribution in [2.75, 3.05) is 12.4 Å². The van der Waals surface area contributed by atoms with Crippen LogP contribution in [0.2, 0.25) is 0 Å². The van der Waals surface area contributed by atoms with Crippen LogP contribution >= 0.6 is 11.8 Å². The van der Waals surface area contributed by atoms with Crippen molar-refractivity contribution in [1.82, 2.24) is 0 Å². The van der Waals surface area contributed by atoms with E-state index >= 15 is 0 Å². The van der Waals surface area contributed by atoms with Gasteiger partial charge < -0.3 is 15.6 Å². The summed E-state index contributed by atoms with van der Waals surface area (Å²) in [5.41, 5.74) is 5.67. The molecule has 3 N–H and O–H groups in total. The van der Waals surface area contributed by atoms with Crippen LogP contribution in [-0.4, -0.2) is 40.3 Å². The highest BCUT2D eigenvalue weighted by molar-refractivity contribution is 7.99. The SMILES string of the molecule is NC(CCSC1CCOC2(CCCC2)C1)C(=O)O. The summed E-state index contributed by atoms with van der Waals surface area (Å²) in [4.78, 5) is 10.6. The molecular weight excluding hydrogens is 250 g/mol. The third kappa shape index (κ3) is 3.62. The normalized spacial score (nSPS) is 28.4. The number of thioether (sulfide) groups is 1. The largest absolute Gasteiger partial charge is 0.480 e. The van der Waals surface area contributed by atoms with E-state index < -0.39 is 12.0 Å². The Hall–Kier alpha value is -0.260. The smallest absolute Gasteiger partial charge is 0.320 e. The number of hydrogen-bond acceptors (Lipinski definition) is 4. The molecular formula is C13H23NO3S. The van der Waals surface area contributed by atoms with E-state index in [0.717, 1.165) is 25.2 Å². The number of hydrogen-bond donors (Lipinski definition) is 2. The van der Waals surface area contributed by atoms with E-state index in [-0.39, 0.29) is 5.60 Å². The lowest BCUT2D eigenvalue weighted by Gasteiger charge is -2.38. The van der Waals surface area contributed by atoms with E-state index in [1.54, 1.807) is 0 Å². The molecule has 2 atom stereocenters. The average Bonchev–Trinajstić information content (AvgIpc) is 2.77. The van der Waals surface area contributed by atoms with E-state index in [1.807, 2.05) is 11.8 Å². The first-order valence-corrected chi connectivity index (χ1v) is 7.90. The fraction of sp³-hybridized carbons (Fsp3) is 0.923. The van der Waals surface area contributed by atoms with Gasteiger partial charge >= 0.3 is 5.97 Å². The molecule has 1 saturated heterocycles. The highest BCUT2D eigenvalue weighted by Gasteiger charge is 2.39. The number of carbonyl (C=O) groups is 1. The summed E-state index contributed by atoms with van der Waals surface area (Å²) in [6.45, 7) is 0.864. The van der Waals surface area contributed by atoms with Crippen molar-refractivity contribution in [3.8, 4) is 0 Å². The van der Waals surface area contributed by atoms with Crippen LogP contribution in [0, 0.1) is 0 Å². The lowest BCUT2D eigenvalue weighted by Crippen LogP contribution is -2.38. The second-order valence-electron chi connectivity index (χ2n) is 5.46. The number of nitrogens with two attached hydrogens (primary N) is 1. The first-order chi connectivity index (χ1) is 8.61. The topological polar surface area (TPSA) is 72.5 Å². The fourth-order valence-corrected chi connectivity index (χ4v) is 4.39. The molecule has 18 heavy (non-hydrogen) atoms. The molecule has 1 aliphatic heterocycles. The second-order valence-corrected chi connectivity index (χ2v) is 6.87. The number of carboxylic acid groups (broad SMARTS) is 1. The van der Waals surface area contributed by atoms with Crippen LogP contribution in [0.25, 0.3) is 0 Å². The predicted molar refractivity (Wildman–Crippen MR) is 72.9 cm³/mol. The Morgan fingerprint density at radius 3 is 2.89 bits per heavy atom. The van der Waals surface area contributed by atoms with Crippen LogP contribution in [-0.2, 0) is 9.53 Å². The molecule has 2 fully saturated rings. The molecule has 0 aromatic heterocycles. The van der Waals surface area contributed by atoms with Crippen LogP contribution < -0.4 is 5.73 Å². The van der Waals surface area contributed by atoms with Gasteiger partial charge in [-0.2, -0.15) is 11.8 Å². The molecule has 0 bridgehead atoms. The molecule has 1 heterocycles. The van der Waals surface area contributed by atoms with Crippen LogP contribution in [0.3, 0.4) is 0 Å². The molecule has 1 saturated carbocycles. The molecule has 0 aromatic rings. The van der Waals surface area contributed by atoms with Crippen molar-refractivity contribution in [2.24, 2.45) is 5.73 Å². The van der Waals surface area contributed by atoms with Crippen molar-refractivity contribution >= 4 is 17.7 Å². The third-order valence-corrected chi connectivity index (χ3v) is 5.41. The number of ether oxygens (including phenoxy) is 1. The zero-order valence-corrected chi connectivity index (χ0v) is 11.6. The molecule has 5 heteroatoms. The Labute approximate surface area is 113 Å². The monoisotopic (exact) mass is 273 g/mol. The lowest BCUT2D eigenvalue weighted by molar-refractivity contribution is -0.138. The molecule has 1 aliphatic carbocycles. The van der Waals surface area contributed by atoms with Crippen LogP contribution in [0.15, 0.2) is 0 Å². The molecule has 0 radical (unpaired) electrons. The molecule has 2 unspecified atom stereocenters. The van der Waals surface area contributed by atoms with Gasteiger partial charge in [0, 0.05) is 11.9 Å². The van der Waals surface area contributed by atoms with Crippen LogP contribution in [0.1, 0.15) is 44.9 Å². The van der Waals surface area contributed by atoms with Gasteiger partial charge in [-0.15, -0.1) is 0 Å². The Bertz CT molecular complexity index is 292. The fourth-order valence-electron chi connectivity index (χ4n) is 2.98. The Balaban J connectivity index is 1.71. The van der Waals surface area contributed by atoms with E-state index in [4.69, 9.17) is 15.6 Å². The maximum atomic E-state index is 10.6. The van der Waals surface area contributed by atoms with Gasteiger partial charge in [-0.05, 0) is 37.9 Å². The van der Waals surface area contributed by atoms with Gasteiger partial charge in [0.05, 0.1) is 5.60 Å². The van der Waals surface area contributed by atoms with E-state index in [2.05, 4.69) is 0 Å². The van der Waals surface area contributed by atoms with Crippen molar-refractivity contribution < 1.29 is 14.6 Å². The average molecular weight is 273 g/mol. The second kappa shape index (κ2) is 6.26. The van der Waals surface area contributed by atoms with Crippen molar-refractivity contribution in [3.05, 3.63) is 0 Å². The summed E-state index contributed by atoms with van der Waals surface area (Å²) in [6.07, 6.45) is 7.79. The number of rotatable bonds is 5. The Kier molecular flexibility index (Phi) is 4.92. The maximum absolute atomic E-state index is 10.6. The van der Waals surface area contributed by atoms with Crippen molar-refractivity contribution in [1.29, 1.82) is 0 Å². The van der Waals surface area contributed by atoms with Crippen LogP contribution in [0.4, 0.5) is 0 Å². The molecule has 2 aliphatic rings. The minimum Gasteiger partial charge on any atom is -0.480 e. The summed E-state index contributed by atoms with van der Waals surface area (Å²) < 4.78 is 5.99. The summed E-state index contributed by atoms with van der Waals surface area (Å²) in [5, 5.41) is 9.36. The van der Waals surface area contributed by atoms with Gasteiger partial charge in [-0.3, -0.25) is 4.79 Å². The first kappa shape index (κ1) is 14.2. The zero-order chi connectivity index (χ0) is 13.0. The Morgan fingerprint density at radius 2 is 2.22 bits per heavy atom. The summed E-state index contributed by atoms with van der Waals surface area (Å²) in [7, 11) is 0. The molecule has 2 rings (SSSR count). The summed E-state index contributed by atoms with van der Waals surface area (Å²) in [5.74, 6) is -0.0522. The quantitative estimate of drug-likeness (QED) is 0.801. The van der Waals surface area contributed by atoms with Crippen molar-refractivity contribution in [2.45, 2.75) is 61.8 Å². The van der Waals surface area contributed by atoms with Crippen LogP contribution in [0.5, 0.6) is 0 Å². The molecule has 104 valence electrons. The highest BCUT2D eigenvalue weighted by atomic mass is 32.2. The summed E-state index contributed by atoms with van der Waals surface area (Å²) >= 11 is 1.88. The van der Waals surface area contributed by atoms with Gasteiger partial charge in [-0.1, -0.05) is 12.8 Å². The molecule has 0 aromatic carbocycles. The van der Waals surface area contributed by atoms with Gasteiger partial charge in [0.2, 0.25) is 0 Å². The third-order valence-electron chi connectivity index (χ3n) is 4.06. The standard InChI is InChI=1S/C13H23NO3S/c14-11(12(15)16)4-8-18-10-3-7-17-13(9-10)5-1-2-6-13/h10-11H,1-9,14H2,(H,15,16). The number of carboxylic acids is 1. The van der Waals surface area contributed by atoms with Gasteiger partial charge in [0.15, 0.2) is 0 Å². The molecule has 1 spiro atoms. The minimum absolute atomic E-state index is 0.158. The summed E-state index contributed by atoms with van der Waals surface area (Å²) in [6, 6.07) is -0.710. The first-order valence-electron chi connectivity index (χ1n) is 6.85. The highest BCUT2D eigenvalue weighted by Crippen LogP contribution is 2.42. The number of aliphatic carboxylic acids is 1. The van der Waals surface area contributed by atoms with Crippen molar-refractivity contribution in [3.63, 3.8) is 0 Å². The zero-order valence-electron chi connectivity index (χ0n) is 10.8. The molecule has 4 nitrogen and oxygen atoms in total. The predicted octanol–water partition coefficient (Wildman–Crippen LogP) is 2.01. The molecule has 0 amide bonds. The van der Waals surface area contributed by atoms with E-state index in [9.17, 15) is 4.79 Å². The van der Waals surface area contributed by atoms with Gasteiger partial charge in [0.1, 0.15) is 6.04 Å². The minimum atomic E-state index is -0.894. The van der Waals surface area contributed by atoms with Gasteiger partial charge in [0.25, 0.3) is 0 Å². The Morgan fingerprint density at radius 1 is 1.50 bits per heavy atom. The lowest BCUT2D eigenvalue weighted by atomic mass is 9.92. The van der Waals surface area contributed by atoms with Gasteiger partial charge in [-0.25, -0.2) is 0 Å².